The molecule has 1 rings (SSSR count). The van der Waals surface area contributed by atoms with E-state index in [1.54, 1.807) is 12.1 Å². The van der Waals surface area contributed by atoms with Crippen molar-refractivity contribution in [2.75, 3.05) is 0 Å². The molecule has 1 heterocycles. The molecule has 82 valence electrons. The largest absolute Gasteiger partial charge is 0.490 e. The van der Waals surface area contributed by atoms with Crippen molar-refractivity contribution in [1.82, 2.24) is 4.98 Å². The summed E-state index contributed by atoms with van der Waals surface area (Å²) >= 11 is 0. The lowest BCUT2D eigenvalue weighted by Crippen LogP contribution is -2.30. The Kier molecular flexibility index (Phi) is 3.85. The van der Waals surface area contributed by atoms with Crippen LogP contribution in [-0.4, -0.2) is 27.8 Å². The zero-order valence-corrected chi connectivity index (χ0v) is 9.27. The minimum absolute atomic E-state index is 0.198. The Bertz CT molecular complexity index is 305. The van der Waals surface area contributed by atoms with Crippen molar-refractivity contribution in [2.24, 2.45) is 0 Å². The molecule has 0 bridgehead atoms. The van der Waals surface area contributed by atoms with Crippen LogP contribution < -0.4 is 5.46 Å². The quantitative estimate of drug-likeness (QED) is 0.692. The van der Waals surface area contributed by atoms with Crippen molar-refractivity contribution in [3.05, 3.63) is 24.0 Å². The molecule has 1 aromatic rings. The van der Waals surface area contributed by atoms with E-state index in [0.29, 0.717) is 12.1 Å². The highest BCUT2D eigenvalue weighted by Gasteiger charge is 2.12. The second-order valence-electron chi connectivity index (χ2n) is 4.36. The molecule has 0 saturated heterocycles. The fourth-order valence-electron chi connectivity index (χ4n) is 0.964. The average molecular weight is 209 g/mol. The van der Waals surface area contributed by atoms with Gasteiger partial charge in [-0.25, -0.2) is 0 Å². The van der Waals surface area contributed by atoms with Crippen molar-refractivity contribution in [2.45, 2.75) is 33.0 Å². The second-order valence-corrected chi connectivity index (χ2v) is 4.36. The fraction of sp³-hybridized carbons (Fsp3) is 0.500. The summed E-state index contributed by atoms with van der Waals surface area (Å²) in [7, 11) is -1.46. The van der Waals surface area contributed by atoms with Crippen LogP contribution in [0.3, 0.4) is 0 Å². The van der Waals surface area contributed by atoms with Crippen LogP contribution in [0.4, 0.5) is 0 Å². The summed E-state index contributed by atoms with van der Waals surface area (Å²) in [5.74, 6) is 0. The number of pyridine rings is 1. The lowest BCUT2D eigenvalue weighted by Gasteiger charge is -2.19. The highest BCUT2D eigenvalue weighted by atomic mass is 16.5. The van der Waals surface area contributed by atoms with Gasteiger partial charge in [-0.1, -0.05) is 6.07 Å². The highest BCUT2D eigenvalue weighted by molar-refractivity contribution is 6.58. The monoisotopic (exact) mass is 209 g/mol. The standard InChI is InChI=1S/C10H16BNO3/c1-10(2,3)15-7-9-5-4-8(6-12-9)11(13)14/h4-6,13-14H,7H2,1-3H3. The molecule has 0 unspecified atom stereocenters. The van der Waals surface area contributed by atoms with Gasteiger partial charge in [0, 0.05) is 11.7 Å². The maximum atomic E-state index is 8.86. The lowest BCUT2D eigenvalue weighted by atomic mass is 9.82. The number of hydrogen-bond donors (Lipinski definition) is 2. The smallest absolute Gasteiger partial charge is 0.423 e. The summed E-state index contributed by atoms with van der Waals surface area (Å²) < 4.78 is 5.53. The van der Waals surface area contributed by atoms with Crippen LogP contribution in [0.15, 0.2) is 18.3 Å². The third-order valence-corrected chi connectivity index (χ3v) is 1.80. The van der Waals surface area contributed by atoms with Crippen LogP contribution in [0.5, 0.6) is 0 Å². The molecule has 0 aliphatic heterocycles. The summed E-state index contributed by atoms with van der Waals surface area (Å²) in [5.41, 5.74) is 0.959. The Labute approximate surface area is 90.1 Å². The Morgan fingerprint density at radius 2 is 2.00 bits per heavy atom. The molecule has 0 aromatic carbocycles. The predicted octanol–water partition coefficient (Wildman–Crippen LogP) is 0.0765. The van der Waals surface area contributed by atoms with Gasteiger partial charge in [-0.05, 0) is 26.8 Å². The van der Waals surface area contributed by atoms with Gasteiger partial charge in [-0.3, -0.25) is 4.98 Å². The number of hydrogen-bond acceptors (Lipinski definition) is 4. The maximum absolute atomic E-state index is 8.86. The third-order valence-electron chi connectivity index (χ3n) is 1.80. The zero-order chi connectivity index (χ0) is 11.5. The Hall–Kier alpha value is -0.905. The first-order valence-corrected chi connectivity index (χ1v) is 4.83. The van der Waals surface area contributed by atoms with Crippen LogP contribution >= 0.6 is 0 Å². The van der Waals surface area contributed by atoms with Gasteiger partial charge in [0.2, 0.25) is 0 Å². The summed E-state index contributed by atoms with van der Waals surface area (Å²) in [5, 5.41) is 17.7. The predicted molar refractivity (Wildman–Crippen MR) is 58.6 cm³/mol. The molecule has 0 fully saturated rings. The normalized spacial score (nSPS) is 11.5. The Balaban J connectivity index is 2.57. The van der Waals surface area contributed by atoms with Crippen molar-refractivity contribution in [3.63, 3.8) is 0 Å². The molecule has 0 atom stereocenters. The number of ether oxygens (including phenoxy) is 1. The maximum Gasteiger partial charge on any atom is 0.490 e. The first-order valence-electron chi connectivity index (χ1n) is 4.83. The molecule has 0 radical (unpaired) electrons. The molecule has 1 aromatic heterocycles. The van der Waals surface area contributed by atoms with Gasteiger partial charge < -0.3 is 14.8 Å². The van der Waals surface area contributed by atoms with Crippen molar-refractivity contribution in [1.29, 1.82) is 0 Å². The van der Waals surface area contributed by atoms with Crippen molar-refractivity contribution < 1.29 is 14.8 Å². The van der Waals surface area contributed by atoms with Crippen molar-refractivity contribution >= 4 is 12.6 Å². The number of nitrogens with zero attached hydrogens (tertiary/aromatic N) is 1. The highest BCUT2D eigenvalue weighted by Crippen LogP contribution is 2.09. The van der Waals surface area contributed by atoms with Crippen LogP contribution in [0.1, 0.15) is 26.5 Å². The minimum Gasteiger partial charge on any atom is -0.423 e. The molecule has 2 N–H and O–H groups in total. The van der Waals surface area contributed by atoms with E-state index in [-0.39, 0.29) is 5.60 Å². The van der Waals surface area contributed by atoms with Crippen LogP contribution in [0.2, 0.25) is 0 Å². The fourth-order valence-corrected chi connectivity index (χ4v) is 0.964. The topological polar surface area (TPSA) is 62.6 Å². The van der Waals surface area contributed by atoms with Gasteiger partial charge in [-0.2, -0.15) is 0 Å². The molecule has 0 amide bonds. The molecule has 15 heavy (non-hydrogen) atoms. The number of rotatable bonds is 3. The van der Waals surface area contributed by atoms with Gasteiger partial charge in [0.05, 0.1) is 17.9 Å². The van der Waals surface area contributed by atoms with Gasteiger partial charge in [-0.15, -0.1) is 0 Å². The second kappa shape index (κ2) is 4.74. The Morgan fingerprint density at radius 1 is 1.33 bits per heavy atom. The van der Waals surface area contributed by atoms with Gasteiger partial charge in [0.15, 0.2) is 0 Å². The molecular weight excluding hydrogens is 193 g/mol. The molecule has 0 spiro atoms. The zero-order valence-electron chi connectivity index (χ0n) is 9.27. The van der Waals surface area contributed by atoms with Gasteiger partial charge in [0.25, 0.3) is 0 Å². The van der Waals surface area contributed by atoms with E-state index in [4.69, 9.17) is 14.8 Å². The van der Waals surface area contributed by atoms with E-state index < -0.39 is 7.12 Å². The third kappa shape index (κ3) is 4.42. The van der Waals surface area contributed by atoms with E-state index in [0.717, 1.165) is 5.69 Å². The molecule has 0 aliphatic carbocycles. The van der Waals surface area contributed by atoms with Gasteiger partial charge >= 0.3 is 7.12 Å². The average Bonchev–Trinajstić information content (AvgIpc) is 2.14. The van der Waals surface area contributed by atoms with Crippen LogP contribution in [0, 0.1) is 0 Å². The van der Waals surface area contributed by atoms with Crippen LogP contribution in [0.25, 0.3) is 0 Å². The molecule has 0 aliphatic rings. The first-order chi connectivity index (χ1) is 6.88. The van der Waals surface area contributed by atoms with Crippen molar-refractivity contribution in [3.8, 4) is 0 Å². The molecule has 0 saturated carbocycles. The van der Waals surface area contributed by atoms with Crippen LogP contribution in [-0.2, 0) is 11.3 Å². The van der Waals surface area contributed by atoms with E-state index in [1.165, 1.54) is 6.20 Å². The Morgan fingerprint density at radius 3 is 2.40 bits per heavy atom. The summed E-state index contributed by atoms with van der Waals surface area (Å²) in [6.45, 7) is 6.34. The molecule has 4 nitrogen and oxygen atoms in total. The van der Waals surface area contributed by atoms with E-state index >= 15 is 0 Å². The summed E-state index contributed by atoms with van der Waals surface area (Å²) in [6.07, 6.45) is 1.44. The minimum atomic E-state index is -1.46. The number of aromatic nitrogens is 1. The summed E-state index contributed by atoms with van der Waals surface area (Å²) in [4.78, 5) is 4.06. The summed E-state index contributed by atoms with van der Waals surface area (Å²) in [6, 6.07) is 3.35. The van der Waals surface area contributed by atoms with E-state index in [1.807, 2.05) is 20.8 Å². The SMILES string of the molecule is CC(C)(C)OCc1ccc(B(O)O)cn1. The molecular formula is C10H16BNO3. The first kappa shape index (κ1) is 12.2. The molecule has 5 heteroatoms. The van der Waals surface area contributed by atoms with Gasteiger partial charge in [0.1, 0.15) is 0 Å². The van der Waals surface area contributed by atoms with E-state index in [2.05, 4.69) is 4.98 Å². The lowest BCUT2D eigenvalue weighted by molar-refractivity contribution is -0.0164. The van der Waals surface area contributed by atoms with E-state index in [9.17, 15) is 0 Å².